The molecule has 0 fully saturated rings. The van der Waals surface area contributed by atoms with Crippen LogP contribution in [0.5, 0.6) is 0 Å². The monoisotopic (exact) mass is 283 g/mol. The van der Waals surface area contributed by atoms with Gasteiger partial charge in [-0.05, 0) is 13.0 Å². The molecule has 6 nitrogen and oxygen atoms in total. The van der Waals surface area contributed by atoms with E-state index in [2.05, 4.69) is 20.3 Å². The molecule has 0 aromatic carbocycles. The summed E-state index contributed by atoms with van der Waals surface area (Å²) in [7, 11) is 0. The van der Waals surface area contributed by atoms with Gasteiger partial charge < -0.3 is 5.73 Å². The third-order valence-corrected chi connectivity index (χ3v) is 3.07. The molecule has 8 heteroatoms. The van der Waals surface area contributed by atoms with Crippen molar-refractivity contribution in [2.45, 2.75) is 13.5 Å². The number of anilines is 1. The Hall–Kier alpha value is -1.57. The van der Waals surface area contributed by atoms with Gasteiger partial charge in [0.15, 0.2) is 0 Å². The van der Waals surface area contributed by atoms with Crippen molar-refractivity contribution in [3.05, 3.63) is 33.0 Å². The number of hydrogen-bond acceptors (Lipinski definition) is 6. The van der Waals surface area contributed by atoms with Gasteiger partial charge in [-0.15, -0.1) is 11.3 Å². The van der Waals surface area contributed by atoms with Gasteiger partial charge in [-0.25, -0.2) is 15.0 Å². The molecule has 0 aliphatic heterocycles. The summed E-state index contributed by atoms with van der Waals surface area (Å²) in [5.74, 6) is -0.222. The van der Waals surface area contributed by atoms with Crippen LogP contribution in [0.25, 0.3) is 0 Å². The molecule has 0 saturated carbocycles. The van der Waals surface area contributed by atoms with E-state index in [1.165, 1.54) is 11.3 Å². The van der Waals surface area contributed by atoms with Crippen molar-refractivity contribution in [3.8, 4) is 0 Å². The maximum Gasteiger partial charge on any atom is 0.277 e. The average Bonchev–Trinajstić information content (AvgIpc) is 2.75. The van der Waals surface area contributed by atoms with Gasteiger partial charge in [0.05, 0.1) is 0 Å². The number of aryl methyl sites for hydroxylation is 1. The van der Waals surface area contributed by atoms with Crippen molar-refractivity contribution >= 4 is 34.8 Å². The van der Waals surface area contributed by atoms with Crippen molar-refractivity contribution < 1.29 is 4.79 Å². The molecular weight excluding hydrogens is 274 g/mol. The Balaban J connectivity index is 2.15. The molecule has 2 rings (SSSR count). The largest absolute Gasteiger partial charge is 0.325 e. The first kappa shape index (κ1) is 12.9. The normalized spacial score (nSPS) is 10.4. The van der Waals surface area contributed by atoms with Gasteiger partial charge in [0.1, 0.15) is 15.9 Å². The second-order valence-electron chi connectivity index (χ2n) is 3.44. The number of nitrogens with two attached hydrogens (primary N) is 1. The number of halogens is 1. The third-order valence-electron chi connectivity index (χ3n) is 2.01. The quantitative estimate of drug-likeness (QED) is 0.835. The molecule has 0 bridgehead atoms. The highest BCUT2D eigenvalue weighted by Crippen LogP contribution is 2.12. The Kier molecular flexibility index (Phi) is 3.85. The minimum absolute atomic E-state index is 0.160. The Labute approximate surface area is 112 Å². The molecule has 0 saturated heterocycles. The number of hydrogen-bond donors (Lipinski definition) is 2. The zero-order valence-corrected chi connectivity index (χ0v) is 11.0. The number of rotatable bonds is 3. The highest BCUT2D eigenvalue weighted by Gasteiger charge is 2.12. The summed E-state index contributed by atoms with van der Waals surface area (Å²) in [5, 5.41) is 5.14. The van der Waals surface area contributed by atoms with Crippen LogP contribution in [0.15, 0.2) is 11.4 Å². The van der Waals surface area contributed by atoms with Crippen LogP contribution in [0.2, 0.25) is 5.15 Å². The van der Waals surface area contributed by atoms with Crippen LogP contribution < -0.4 is 11.1 Å². The molecule has 1 amide bonds. The van der Waals surface area contributed by atoms with Gasteiger partial charge in [-0.1, -0.05) is 11.6 Å². The number of carbonyl (C=O) groups excluding carboxylic acids is 1. The van der Waals surface area contributed by atoms with Crippen molar-refractivity contribution in [1.29, 1.82) is 0 Å². The molecule has 0 aliphatic carbocycles. The molecule has 0 aliphatic rings. The SMILES string of the molecule is Cc1cc(Cl)nc(NC(=O)c2csc(CN)n2)n1. The summed E-state index contributed by atoms with van der Waals surface area (Å²) in [6, 6.07) is 1.60. The lowest BCUT2D eigenvalue weighted by Gasteiger charge is -2.02. The summed E-state index contributed by atoms with van der Waals surface area (Å²) in [4.78, 5) is 23.8. The minimum Gasteiger partial charge on any atom is -0.325 e. The van der Waals surface area contributed by atoms with E-state index >= 15 is 0 Å². The topological polar surface area (TPSA) is 93.8 Å². The Bertz CT molecular complexity index is 565. The van der Waals surface area contributed by atoms with Crippen LogP contribution in [0, 0.1) is 6.92 Å². The molecule has 3 N–H and O–H groups in total. The first-order valence-corrected chi connectivity index (χ1v) is 6.31. The van der Waals surface area contributed by atoms with Gasteiger partial charge in [-0.3, -0.25) is 10.1 Å². The van der Waals surface area contributed by atoms with Crippen LogP contribution in [0.1, 0.15) is 21.2 Å². The average molecular weight is 284 g/mol. The lowest BCUT2D eigenvalue weighted by atomic mass is 10.4. The summed E-state index contributed by atoms with van der Waals surface area (Å²) in [6.07, 6.45) is 0. The molecule has 0 radical (unpaired) electrons. The van der Waals surface area contributed by atoms with E-state index in [0.29, 0.717) is 22.9 Å². The van der Waals surface area contributed by atoms with E-state index < -0.39 is 0 Å². The fraction of sp³-hybridized carbons (Fsp3) is 0.200. The predicted octanol–water partition coefficient (Wildman–Crippen LogP) is 1.61. The van der Waals surface area contributed by atoms with Crippen molar-refractivity contribution in [2.75, 3.05) is 5.32 Å². The van der Waals surface area contributed by atoms with Crippen molar-refractivity contribution in [3.63, 3.8) is 0 Å². The van der Waals surface area contributed by atoms with Crippen LogP contribution in [-0.2, 0) is 6.54 Å². The van der Waals surface area contributed by atoms with Crippen LogP contribution in [0.4, 0.5) is 5.95 Å². The zero-order chi connectivity index (χ0) is 13.1. The second kappa shape index (κ2) is 5.38. The first-order chi connectivity index (χ1) is 8.58. The van der Waals surface area contributed by atoms with Crippen LogP contribution >= 0.6 is 22.9 Å². The smallest absolute Gasteiger partial charge is 0.277 e. The summed E-state index contributed by atoms with van der Waals surface area (Å²) in [6.45, 7) is 2.07. The van der Waals surface area contributed by atoms with E-state index in [-0.39, 0.29) is 17.0 Å². The summed E-state index contributed by atoms with van der Waals surface area (Å²) >= 11 is 7.10. The number of carbonyl (C=O) groups is 1. The Morgan fingerprint density at radius 3 is 2.89 bits per heavy atom. The lowest BCUT2D eigenvalue weighted by Crippen LogP contribution is -2.15. The van der Waals surface area contributed by atoms with E-state index in [9.17, 15) is 4.79 Å². The van der Waals surface area contributed by atoms with Crippen LogP contribution in [-0.4, -0.2) is 20.9 Å². The lowest BCUT2D eigenvalue weighted by molar-refractivity contribution is 0.102. The Morgan fingerprint density at radius 2 is 2.28 bits per heavy atom. The highest BCUT2D eigenvalue weighted by molar-refractivity contribution is 7.09. The number of nitrogens with zero attached hydrogens (tertiary/aromatic N) is 3. The standard InChI is InChI=1S/C10H10ClN5OS/c1-5-2-7(11)15-10(13-5)16-9(17)6-4-18-8(3-12)14-6/h2,4H,3,12H2,1H3,(H,13,15,16,17). The molecule has 2 aromatic heterocycles. The molecule has 2 aromatic rings. The molecule has 2 heterocycles. The maximum atomic E-state index is 11.8. The number of thiazole rings is 1. The molecule has 0 unspecified atom stereocenters. The van der Waals surface area contributed by atoms with E-state index in [4.69, 9.17) is 17.3 Å². The molecular formula is C10H10ClN5OS. The number of aromatic nitrogens is 3. The highest BCUT2D eigenvalue weighted by atomic mass is 35.5. The van der Waals surface area contributed by atoms with Crippen molar-refractivity contribution in [1.82, 2.24) is 15.0 Å². The minimum atomic E-state index is -0.382. The van der Waals surface area contributed by atoms with Crippen molar-refractivity contribution in [2.24, 2.45) is 5.73 Å². The summed E-state index contributed by atoms with van der Waals surface area (Å²) in [5.41, 5.74) is 6.40. The Morgan fingerprint density at radius 1 is 1.50 bits per heavy atom. The second-order valence-corrected chi connectivity index (χ2v) is 4.77. The van der Waals surface area contributed by atoms with Crippen LogP contribution in [0.3, 0.4) is 0 Å². The fourth-order valence-corrected chi connectivity index (χ4v) is 2.15. The van der Waals surface area contributed by atoms with Gasteiger partial charge in [0.25, 0.3) is 5.91 Å². The molecule has 18 heavy (non-hydrogen) atoms. The van der Waals surface area contributed by atoms with E-state index in [0.717, 1.165) is 0 Å². The third kappa shape index (κ3) is 3.00. The van der Waals surface area contributed by atoms with Gasteiger partial charge in [0, 0.05) is 17.6 Å². The van der Waals surface area contributed by atoms with E-state index in [1.807, 2.05) is 0 Å². The molecule has 0 atom stereocenters. The first-order valence-electron chi connectivity index (χ1n) is 5.05. The molecule has 0 spiro atoms. The maximum absolute atomic E-state index is 11.8. The number of amides is 1. The predicted molar refractivity (Wildman–Crippen MR) is 69.7 cm³/mol. The van der Waals surface area contributed by atoms with E-state index in [1.54, 1.807) is 18.4 Å². The van der Waals surface area contributed by atoms with Gasteiger partial charge in [-0.2, -0.15) is 0 Å². The number of nitrogens with one attached hydrogen (secondary N) is 1. The molecule has 94 valence electrons. The van der Waals surface area contributed by atoms with Gasteiger partial charge in [0.2, 0.25) is 5.95 Å². The summed E-state index contributed by atoms with van der Waals surface area (Å²) < 4.78 is 0. The zero-order valence-electron chi connectivity index (χ0n) is 9.48. The van der Waals surface area contributed by atoms with Gasteiger partial charge >= 0.3 is 0 Å². The fourth-order valence-electron chi connectivity index (χ4n) is 1.26.